The summed E-state index contributed by atoms with van der Waals surface area (Å²) in [6.07, 6.45) is 1.96. The van der Waals surface area contributed by atoms with Crippen molar-refractivity contribution < 1.29 is 0 Å². The average Bonchev–Trinajstić information content (AvgIpc) is 2.26. The summed E-state index contributed by atoms with van der Waals surface area (Å²) < 4.78 is 0. The van der Waals surface area contributed by atoms with Crippen LogP contribution in [0.15, 0.2) is 47.1 Å². The lowest BCUT2D eigenvalue weighted by molar-refractivity contribution is 0.528. The zero-order valence-electron chi connectivity index (χ0n) is 13.0. The first-order valence-corrected chi connectivity index (χ1v) is 6.70. The van der Waals surface area contributed by atoms with Crippen LogP contribution in [0.3, 0.4) is 0 Å². The number of aliphatic imine (C=N–C) groups is 1. The fourth-order valence-electron chi connectivity index (χ4n) is 2.06. The van der Waals surface area contributed by atoms with Crippen LogP contribution in [-0.2, 0) is 0 Å². The largest absolute Gasteiger partial charge is 0.262 e. The van der Waals surface area contributed by atoms with Crippen molar-refractivity contribution >= 4 is 11.8 Å². The molecule has 0 unspecified atom stereocenters. The van der Waals surface area contributed by atoms with Gasteiger partial charge in [0.2, 0.25) is 0 Å². The van der Waals surface area contributed by atoms with Gasteiger partial charge in [-0.2, -0.15) is 0 Å². The highest BCUT2D eigenvalue weighted by atomic mass is 14.7. The van der Waals surface area contributed by atoms with Crippen molar-refractivity contribution in [3.63, 3.8) is 0 Å². The monoisotopic (exact) mass is 255 g/mol. The molecular formula is C18H25N. The number of allylic oxidation sites excluding steroid dienone is 3. The minimum absolute atomic E-state index is 0.0623. The third-order valence-electron chi connectivity index (χ3n) is 3.08. The Hall–Kier alpha value is -1.63. The second-order valence-electron chi connectivity index (χ2n) is 6.15. The van der Waals surface area contributed by atoms with E-state index >= 15 is 0 Å². The van der Waals surface area contributed by atoms with E-state index in [2.05, 4.69) is 70.5 Å². The van der Waals surface area contributed by atoms with Gasteiger partial charge in [0.1, 0.15) is 0 Å². The van der Waals surface area contributed by atoms with Gasteiger partial charge in [-0.15, -0.1) is 0 Å². The lowest BCUT2D eigenvalue weighted by atomic mass is 9.82. The Morgan fingerprint density at radius 3 is 2.32 bits per heavy atom. The van der Waals surface area contributed by atoms with Crippen LogP contribution >= 0.6 is 0 Å². The molecule has 0 saturated heterocycles. The number of aryl methyl sites for hydroxylation is 1. The second-order valence-corrected chi connectivity index (χ2v) is 6.15. The minimum atomic E-state index is 0.0623. The van der Waals surface area contributed by atoms with E-state index in [1.54, 1.807) is 0 Å². The van der Waals surface area contributed by atoms with Gasteiger partial charge in [-0.05, 0) is 42.9 Å². The maximum absolute atomic E-state index is 4.38. The van der Waals surface area contributed by atoms with E-state index in [4.69, 9.17) is 0 Å². The molecule has 19 heavy (non-hydrogen) atoms. The zero-order chi connectivity index (χ0) is 14.6. The van der Waals surface area contributed by atoms with Gasteiger partial charge in [0.05, 0.1) is 0 Å². The quantitative estimate of drug-likeness (QED) is 0.639. The van der Waals surface area contributed by atoms with Gasteiger partial charge in [0.15, 0.2) is 0 Å². The predicted molar refractivity (Wildman–Crippen MR) is 86.5 cm³/mol. The fraction of sp³-hybridized carbons (Fsp3) is 0.389. The van der Waals surface area contributed by atoms with Gasteiger partial charge in [-0.1, -0.05) is 57.2 Å². The maximum Gasteiger partial charge on any atom is 0.0311 e. The summed E-state index contributed by atoms with van der Waals surface area (Å²) >= 11 is 0. The maximum atomic E-state index is 4.38. The molecule has 0 amide bonds. The van der Waals surface area contributed by atoms with Crippen LogP contribution in [-0.4, -0.2) is 6.21 Å². The number of nitrogens with zero attached hydrogens (tertiary/aromatic N) is 1. The van der Waals surface area contributed by atoms with Gasteiger partial charge >= 0.3 is 0 Å². The van der Waals surface area contributed by atoms with Crippen LogP contribution < -0.4 is 0 Å². The lowest BCUT2D eigenvalue weighted by Gasteiger charge is -2.23. The molecule has 1 heteroatoms. The molecule has 0 aliphatic carbocycles. The van der Waals surface area contributed by atoms with E-state index in [0.717, 1.165) is 5.70 Å². The van der Waals surface area contributed by atoms with Crippen molar-refractivity contribution in [2.75, 3.05) is 0 Å². The zero-order valence-corrected chi connectivity index (χ0v) is 13.0. The minimum Gasteiger partial charge on any atom is -0.262 e. The SMILES string of the molecule is C=C(C)N=C/C(=C(\C)c1cccc(C)c1)C(C)(C)C. The standard InChI is InChI=1S/C18H25N/c1-13(2)19-12-17(18(5,6)7)15(4)16-10-8-9-14(3)11-16/h8-12H,1H2,2-7H3/b17-15-,19-12?. The normalized spacial score (nSPS) is 13.6. The molecular weight excluding hydrogens is 230 g/mol. The first kappa shape index (κ1) is 15.4. The lowest BCUT2D eigenvalue weighted by Crippen LogP contribution is -2.12. The Labute approximate surface area is 117 Å². The van der Waals surface area contributed by atoms with Crippen molar-refractivity contribution in [3.05, 3.63) is 53.2 Å². The van der Waals surface area contributed by atoms with Crippen molar-refractivity contribution in [2.24, 2.45) is 10.4 Å². The molecule has 0 radical (unpaired) electrons. The second kappa shape index (κ2) is 6.01. The molecule has 0 bridgehead atoms. The van der Waals surface area contributed by atoms with Gasteiger partial charge in [0.25, 0.3) is 0 Å². The number of benzene rings is 1. The van der Waals surface area contributed by atoms with Crippen LogP contribution in [0, 0.1) is 12.3 Å². The summed E-state index contributed by atoms with van der Waals surface area (Å²) in [5.74, 6) is 0. The van der Waals surface area contributed by atoms with Gasteiger partial charge in [0, 0.05) is 11.9 Å². The van der Waals surface area contributed by atoms with E-state index in [9.17, 15) is 0 Å². The van der Waals surface area contributed by atoms with E-state index in [1.165, 1.54) is 22.3 Å². The number of rotatable bonds is 3. The predicted octanol–water partition coefficient (Wildman–Crippen LogP) is 5.42. The average molecular weight is 255 g/mol. The summed E-state index contributed by atoms with van der Waals surface area (Å²) in [5.41, 5.74) is 5.97. The van der Waals surface area contributed by atoms with E-state index in [1.807, 2.05) is 13.1 Å². The van der Waals surface area contributed by atoms with Crippen molar-refractivity contribution in [2.45, 2.75) is 41.5 Å². The molecule has 0 fully saturated rings. The molecule has 1 aromatic carbocycles. The molecule has 0 spiro atoms. The Kier molecular flexibility index (Phi) is 4.88. The summed E-state index contributed by atoms with van der Waals surface area (Å²) in [5, 5.41) is 0. The summed E-state index contributed by atoms with van der Waals surface area (Å²) in [4.78, 5) is 4.38. The molecule has 0 saturated carbocycles. The molecule has 102 valence electrons. The van der Waals surface area contributed by atoms with E-state index < -0.39 is 0 Å². The molecule has 1 rings (SSSR count). The molecule has 0 aliphatic heterocycles. The Morgan fingerprint density at radius 1 is 1.21 bits per heavy atom. The molecule has 0 heterocycles. The van der Waals surface area contributed by atoms with Crippen LogP contribution in [0.4, 0.5) is 0 Å². The molecule has 0 atom stereocenters. The van der Waals surface area contributed by atoms with E-state index in [-0.39, 0.29) is 5.41 Å². The van der Waals surface area contributed by atoms with Crippen LogP contribution in [0.5, 0.6) is 0 Å². The molecule has 1 nitrogen and oxygen atoms in total. The highest BCUT2D eigenvalue weighted by Gasteiger charge is 2.18. The Morgan fingerprint density at radius 2 is 1.84 bits per heavy atom. The number of hydrogen-bond acceptors (Lipinski definition) is 1. The molecule has 1 aromatic rings. The van der Waals surface area contributed by atoms with Crippen molar-refractivity contribution in [1.29, 1.82) is 0 Å². The molecule has 0 N–H and O–H groups in total. The topological polar surface area (TPSA) is 12.4 Å². The summed E-state index contributed by atoms with van der Waals surface area (Å²) in [7, 11) is 0. The smallest absolute Gasteiger partial charge is 0.0311 e. The Balaban J connectivity index is 3.36. The Bertz CT molecular complexity index is 525. The fourth-order valence-corrected chi connectivity index (χ4v) is 2.06. The summed E-state index contributed by atoms with van der Waals surface area (Å²) in [6, 6.07) is 8.60. The van der Waals surface area contributed by atoms with Crippen LogP contribution in [0.25, 0.3) is 5.57 Å². The van der Waals surface area contributed by atoms with Gasteiger partial charge in [-0.3, -0.25) is 4.99 Å². The first-order valence-electron chi connectivity index (χ1n) is 6.70. The van der Waals surface area contributed by atoms with Crippen molar-refractivity contribution in [1.82, 2.24) is 0 Å². The van der Waals surface area contributed by atoms with Crippen molar-refractivity contribution in [3.8, 4) is 0 Å². The molecule has 0 aliphatic rings. The van der Waals surface area contributed by atoms with Crippen LogP contribution in [0.1, 0.15) is 45.7 Å². The van der Waals surface area contributed by atoms with Gasteiger partial charge in [-0.25, -0.2) is 0 Å². The highest BCUT2D eigenvalue weighted by Crippen LogP contribution is 2.31. The van der Waals surface area contributed by atoms with Crippen LogP contribution in [0.2, 0.25) is 0 Å². The highest BCUT2D eigenvalue weighted by molar-refractivity contribution is 5.92. The first-order chi connectivity index (χ1) is 8.71. The third kappa shape index (κ3) is 4.51. The number of hydrogen-bond donors (Lipinski definition) is 0. The van der Waals surface area contributed by atoms with E-state index in [0.29, 0.717) is 0 Å². The van der Waals surface area contributed by atoms with Gasteiger partial charge < -0.3 is 0 Å². The third-order valence-corrected chi connectivity index (χ3v) is 3.08. The molecule has 0 aromatic heterocycles. The summed E-state index contributed by atoms with van der Waals surface area (Å²) in [6.45, 7) is 16.7.